The van der Waals surface area contributed by atoms with Gasteiger partial charge in [-0.15, -0.1) is 5.10 Å². The summed E-state index contributed by atoms with van der Waals surface area (Å²) in [7, 11) is 0. The first-order valence-electron chi connectivity index (χ1n) is 4.44. The molecule has 0 fully saturated rings. The van der Waals surface area contributed by atoms with Crippen LogP contribution >= 0.6 is 31.9 Å². The van der Waals surface area contributed by atoms with E-state index in [-0.39, 0.29) is 0 Å². The Balaban J connectivity index is 2.34. The summed E-state index contributed by atoms with van der Waals surface area (Å²) in [5.74, 6) is 0. The molecule has 16 heavy (non-hydrogen) atoms. The molecule has 1 aromatic carbocycles. The van der Waals surface area contributed by atoms with Gasteiger partial charge >= 0.3 is 0 Å². The standard InChI is InChI=1S/C10H6Br2N4/c11-9-14-10(12)16(15-9)6-8-4-2-1-3-7(8)5-13/h1-4H,6H2. The van der Waals surface area contributed by atoms with E-state index < -0.39 is 0 Å². The van der Waals surface area contributed by atoms with Crippen LogP contribution in [0, 0.1) is 11.3 Å². The highest BCUT2D eigenvalue weighted by Gasteiger charge is 2.07. The topological polar surface area (TPSA) is 54.5 Å². The van der Waals surface area contributed by atoms with E-state index in [0.717, 1.165) is 5.56 Å². The molecule has 0 N–H and O–H groups in total. The van der Waals surface area contributed by atoms with E-state index in [0.29, 0.717) is 21.6 Å². The second-order valence-electron chi connectivity index (χ2n) is 3.08. The minimum atomic E-state index is 0.517. The molecule has 0 aliphatic heterocycles. The summed E-state index contributed by atoms with van der Waals surface area (Å²) in [4.78, 5) is 4.07. The van der Waals surface area contributed by atoms with Gasteiger partial charge in [0.05, 0.1) is 18.2 Å². The lowest BCUT2D eigenvalue weighted by Gasteiger charge is -2.03. The number of nitrogens with zero attached hydrogens (tertiary/aromatic N) is 4. The summed E-state index contributed by atoms with van der Waals surface area (Å²) in [6.07, 6.45) is 0. The van der Waals surface area contributed by atoms with Gasteiger partial charge in [-0.05, 0) is 43.5 Å². The summed E-state index contributed by atoms with van der Waals surface area (Å²) in [6.45, 7) is 0.517. The Hall–Kier alpha value is -1.19. The Kier molecular flexibility index (Phi) is 3.36. The fourth-order valence-electron chi connectivity index (χ4n) is 1.33. The van der Waals surface area contributed by atoms with Gasteiger partial charge in [-0.2, -0.15) is 10.2 Å². The van der Waals surface area contributed by atoms with Gasteiger partial charge in [-0.3, -0.25) is 0 Å². The number of hydrogen-bond donors (Lipinski definition) is 0. The monoisotopic (exact) mass is 340 g/mol. The number of rotatable bonds is 2. The molecule has 0 unspecified atom stereocenters. The molecule has 1 heterocycles. The van der Waals surface area contributed by atoms with E-state index >= 15 is 0 Å². The predicted octanol–water partition coefficient (Wildman–Crippen LogP) is 2.72. The molecule has 0 spiro atoms. The Bertz CT molecular complexity index is 556. The Morgan fingerprint density at radius 1 is 1.31 bits per heavy atom. The zero-order valence-corrected chi connectivity index (χ0v) is 11.2. The minimum absolute atomic E-state index is 0.517. The second-order valence-corrected chi connectivity index (χ2v) is 4.50. The molecule has 2 aromatic rings. The Labute approximate surface area is 109 Å². The van der Waals surface area contributed by atoms with Gasteiger partial charge in [0.25, 0.3) is 0 Å². The van der Waals surface area contributed by atoms with Crippen molar-refractivity contribution in [1.29, 1.82) is 5.26 Å². The van der Waals surface area contributed by atoms with E-state index in [1.54, 1.807) is 10.7 Å². The van der Waals surface area contributed by atoms with Crippen LogP contribution in [0.4, 0.5) is 0 Å². The first-order chi connectivity index (χ1) is 7.70. The molecule has 0 aliphatic rings. The molecule has 0 amide bonds. The van der Waals surface area contributed by atoms with Gasteiger partial charge in [0.15, 0.2) is 4.73 Å². The van der Waals surface area contributed by atoms with Crippen molar-refractivity contribution >= 4 is 31.9 Å². The van der Waals surface area contributed by atoms with Crippen LogP contribution in [0.25, 0.3) is 0 Å². The molecular formula is C10H6Br2N4. The molecule has 0 saturated carbocycles. The Morgan fingerprint density at radius 2 is 2.06 bits per heavy atom. The SMILES string of the molecule is N#Cc1ccccc1Cn1nc(Br)nc1Br. The average molecular weight is 342 g/mol. The van der Waals surface area contributed by atoms with Crippen molar-refractivity contribution in [2.24, 2.45) is 0 Å². The van der Waals surface area contributed by atoms with Crippen LogP contribution in [-0.2, 0) is 6.54 Å². The molecule has 0 bridgehead atoms. The highest BCUT2D eigenvalue weighted by molar-refractivity contribution is 9.11. The predicted molar refractivity (Wildman–Crippen MR) is 65.7 cm³/mol. The third kappa shape index (κ3) is 2.31. The maximum Gasteiger partial charge on any atom is 0.218 e. The van der Waals surface area contributed by atoms with E-state index in [1.165, 1.54) is 0 Å². The van der Waals surface area contributed by atoms with Gasteiger partial charge in [-0.25, -0.2) is 4.68 Å². The smallest absolute Gasteiger partial charge is 0.218 e. The van der Waals surface area contributed by atoms with Gasteiger partial charge in [0, 0.05) is 0 Å². The van der Waals surface area contributed by atoms with Crippen LogP contribution in [0.2, 0.25) is 0 Å². The number of halogens is 2. The molecular weight excluding hydrogens is 336 g/mol. The molecule has 0 radical (unpaired) electrons. The van der Waals surface area contributed by atoms with Gasteiger partial charge in [0.1, 0.15) is 0 Å². The van der Waals surface area contributed by atoms with Crippen LogP contribution < -0.4 is 0 Å². The molecule has 0 saturated heterocycles. The third-order valence-corrected chi connectivity index (χ3v) is 2.98. The molecule has 1 aromatic heterocycles. The number of hydrogen-bond acceptors (Lipinski definition) is 3. The fraction of sp³-hybridized carbons (Fsp3) is 0.100. The first-order valence-corrected chi connectivity index (χ1v) is 6.03. The summed E-state index contributed by atoms with van der Waals surface area (Å²) < 4.78 is 2.83. The largest absolute Gasteiger partial charge is 0.235 e. The third-order valence-electron chi connectivity index (χ3n) is 2.06. The van der Waals surface area contributed by atoms with Gasteiger partial charge in [0.2, 0.25) is 4.73 Å². The van der Waals surface area contributed by atoms with Crippen LogP contribution in [0.15, 0.2) is 33.7 Å². The fourth-order valence-corrected chi connectivity index (χ4v) is 2.30. The molecule has 4 nitrogen and oxygen atoms in total. The van der Waals surface area contributed by atoms with Crippen molar-refractivity contribution in [3.05, 3.63) is 44.9 Å². The molecule has 6 heteroatoms. The summed E-state index contributed by atoms with van der Waals surface area (Å²) in [6, 6.07) is 9.58. The van der Waals surface area contributed by atoms with E-state index in [2.05, 4.69) is 48.0 Å². The Morgan fingerprint density at radius 3 is 2.69 bits per heavy atom. The normalized spacial score (nSPS) is 10.1. The van der Waals surface area contributed by atoms with E-state index in [1.807, 2.05) is 18.2 Å². The summed E-state index contributed by atoms with van der Waals surface area (Å²) in [5.41, 5.74) is 1.57. The summed E-state index contributed by atoms with van der Waals surface area (Å²) >= 11 is 6.49. The second kappa shape index (κ2) is 4.76. The van der Waals surface area contributed by atoms with Crippen molar-refractivity contribution in [2.45, 2.75) is 6.54 Å². The molecule has 2 rings (SSSR count). The van der Waals surface area contributed by atoms with Crippen molar-refractivity contribution in [3.63, 3.8) is 0 Å². The van der Waals surface area contributed by atoms with Crippen molar-refractivity contribution in [3.8, 4) is 6.07 Å². The number of nitriles is 1. The van der Waals surface area contributed by atoms with E-state index in [4.69, 9.17) is 5.26 Å². The molecule has 0 atom stereocenters. The van der Waals surface area contributed by atoms with Gasteiger partial charge < -0.3 is 0 Å². The maximum absolute atomic E-state index is 8.95. The van der Waals surface area contributed by atoms with Crippen molar-refractivity contribution in [1.82, 2.24) is 14.8 Å². The zero-order chi connectivity index (χ0) is 11.5. The van der Waals surface area contributed by atoms with Crippen LogP contribution in [0.3, 0.4) is 0 Å². The van der Waals surface area contributed by atoms with Crippen LogP contribution in [0.1, 0.15) is 11.1 Å². The highest BCUT2D eigenvalue weighted by Crippen LogP contribution is 2.15. The first kappa shape index (κ1) is 11.3. The lowest BCUT2D eigenvalue weighted by Crippen LogP contribution is -2.03. The molecule has 80 valence electrons. The number of benzene rings is 1. The lowest BCUT2D eigenvalue weighted by molar-refractivity contribution is 0.663. The van der Waals surface area contributed by atoms with Crippen molar-refractivity contribution < 1.29 is 0 Å². The maximum atomic E-state index is 8.95. The van der Waals surface area contributed by atoms with Crippen LogP contribution in [-0.4, -0.2) is 14.8 Å². The highest BCUT2D eigenvalue weighted by atomic mass is 79.9. The number of aromatic nitrogens is 3. The quantitative estimate of drug-likeness (QED) is 0.843. The summed E-state index contributed by atoms with van der Waals surface area (Å²) in [5, 5.41) is 13.1. The zero-order valence-electron chi connectivity index (χ0n) is 8.06. The van der Waals surface area contributed by atoms with E-state index in [9.17, 15) is 0 Å². The van der Waals surface area contributed by atoms with Crippen LogP contribution in [0.5, 0.6) is 0 Å². The van der Waals surface area contributed by atoms with Crippen molar-refractivity contribution in [2.75, 3.05) is 0 Å². The molecule has 0 aliphatic carbocycles. The van der Waals surface area contributed by atoms with Gasteiger partial charge in [-0.1, -0.05) is 18.2 Å². The lowest BCUT2D eigenvalue weighted by atomic mass is 10.1. The average Bonchev–Trinajstić information content (AvgIpc) is 2.58. The minimum Gasteiger partial charge on any atom is -0.235 e.